The van der Waals surface area contributed by atoms with Gasteiger partial charge in [-0.2, -0.15) is 0 Å². The summed E-state index contributed by atoms with van der Waals surface area (Å²) >= 11 is 1.80. The van der Waals surface area contributed by atoms with Gasteiger partial charge in [0, 0.05) is 9.75 Å². The number of rotatable bonds is 1. The molecular weight excluding hydrogens is 228 g/mol. The van der Waals surface area contributed by atoms with Crippen molar-refractivity contribution < 1.29 is 5.11 Å². The first kappa shape index (κ1) is 10.4. The number of hydrogen-bond acceptors (Lipinski definition) is 2. The van der Waals surface area contributed by atoms with E-state index in [1.165, 1.54) is 15.3 Å². The summed E-state index contributed by atoms with van der Waals surface area (Å²) in [6.45, 7) is 2.12. The molecule has 0 amide bonds. The molecule has 1 heterocycles. The van der Waals surface area contributed by atoms with Crippen molar-refractivity contribution in [1.82, 2.24) is 0 Å². The Balaban J connectivity index is 2.16. The van der Waals surface area contributed by atoms with Gasteiger partial charge < -0.3 is 5.11 Å². The Morgan fingerprint density at radius 2 is 1.65 bits per heavy atom. The fourth-order valence-electron chi connectivity index (χ4n) is 1.98. The number of aryl methyl sites for hydroxylation is 1. The van der Waals surface area contributed by atoms with E-state index in [-0.39, 0.29) is 0 Å². The van der Waals surface area contributed by atoms with E-state index in [9.17, 15) is 5.11 Å². The van der Waals surface area contributed by atoms with Crippen LogP contribution >= 0.6 is 11.3 Å². The van der Waals surface area contributed by atoms with Crippen molar-refractivity contribution in [2.24, 2.45) is 0 Å². The third-order valence-electron chi connectivity index (χ3n) is 2.85. The summed E-state index contributed by atoms with van der Waals surface area (Å²) in [5.41, 5.74) is 1.24. The largest absolute Gasteiger partial charge is 0.508 e. The molecule has 1 aromatic heterocycles. The Morgan fingerprint density at radius 3 is 2.41 bits per heavy atom. The lowest BCUT2D eigenvalue weighted by Crippen LogP contribution is -1.75. The Morgan fingerprint density at radius 1 is 0.882 bits per heavy atom. The molecule has 0 aliphatic heterocycles. The summed E-state index contributed by atoms with van der Waals surface area (Å²) in [6.07, 6.45) is 0. The number of hydrogen-bond donors (Lipinski definition) is 1. The molecule has 1 nitrogen and oxygen atoms in total. The maximum absolute atomic E-state index is 9.42. The fourth-order valence-corrected chi connectivity index (χ4v) is 2.84. The molecule has 1 N–H and O–H groups in total. The number of benzene rings is 2. The fraction of sp³-hybridized carbons (Fsp3) is 0.0667. The van der Waals surface area contributed by atoms with Gasteiger partial charge in [-0.15, -0.1) is 11.3 Å². The minimum absolute atomic E-state index is 0.317. The van der Waals surface area contributed by atoms with Crippen LogP contribution in [0, 0.1) is 6.92 Å². The van der Waals surface area contributed by atoms with Crippen LogP contribution in [0.15, 0.2) is 48.5 Å². The zero-order chi connectivity index (χ0) is 11.8. The molecule has 0 bridgehead atoms. The zero-order valence-corrected chi connectivity index (χ0v) is 10.3. The lowest BCUT2D eigenvalue weighted by molar-refractivity contribution is 0.476. The first-order valence-corrected chi connectivity index (χ1v) is 6.34. The predicted octanol–water partition coefficient (Wildman–Crippen LogP) is 4.58. The minimum atomic E-state index is 0.317. The highest BCUT2D eigenvalue weighted by Crippen LogP contribution is 2.30. The molecule has 0 saturated carbocycles. The molecule has 3 aromatic rings. The monoisotopic (exact) mass is 240 g/mol. The lowest BCUT2D eigenvalue weighted by Gasteiger charge is -2.02. The number of phenolic OH excluding ortho intramolecular Hbond substituents is 1. The molecule has 0 radical (unpaired) electrons. The van der Waals surface area contributed by atoms with Gasteiger partial charge in [-0.05, 0) is 53.6 Å². The maximum atomic E-state index is 9.42. The van der Waals surface area contributed by atoms with E-state index in [0.29, 0.717) is 5.75 Å². The van der Waals surface area contributed by atoms with Crippen LogP contribution < -0.4 is 0 Å². The molecule has 17 heavy (non-hydrogen) atoms. The summed E-state index contributed by atoms with van der Waals surface area (Å²) in [5, 5.41) is 11.7. The van der Waals surface area contributed by atoms with E-state index >= 15 is 0 Å². The minimum Gasteiger partial charge on any atom is -0.508 e. The SMILES string of the molecule is Cc1ccc(-c2ccc3cc(O)ccc3c2)s1. The van der Waals surface area contributed by atoms with Gasteiger partial charge in [0.2, 0.25) is 0 Å². The van der Waals surface area contributed by atoms with Crippen LogP contribution in [0.1, 0.15) is 4.88 Å². The van der Waals surface area contributed by atoms with Crippen LogP contribution in [0.4, 0.5) is 0 Å². The van der Waals surface area contributed by atoms with E-state index in [4.69, 9.17) is 0 Å². The highest BCUT2D eigenvalue weighted by atomic mass is 32.1. The van der Waals surface area contributed by atoms with Crippen LogP contribution in [0.2, 0.25) is 0 Å². The van der Waals surface area contributed by atoms with Crippen molar-refractivity contribution in [3.63, 3.8) is 0 Å². The molecule has 0 spiro atoms. The molecule has 0 saturated heterocycles. The Kier molecular flexibility index (Phi) is 2.37. The van der Waals surface area contributed by atoms with E-state index < -0.39 is 0 Å². The van der Waals surface area contributed by atoms with Crippen molar-refractivity contribution in [3.05, 3.63) is 53.4 Å². The molecule has 0 atom stereocenters. The second-order valence-corrected chi connectivity index (χ2v) is 5.44. The van der Waals surface area contributed by atoms with E-state index in [2.05, 4.69) is 37.3 Å². The number of fused-ring (bicyclic) bond motifs is 1. The van der Waals surface area contributed by atoms with E-state index in [1.807, 2.05) is 6.07 Å². The zero-order valence-electron chi connectivity index (χ0n) is 9.47. The molecule has 0 aliphatic rings. The van der Waals surface area contributed by atoms with Crippen molar-refractivity contribution >= 4 is 22.1 Å². The molecular formula is C15H12OS. The van der Waals surface area contributed by atoms with Crippen LogP contribution in [-0.2, 0) is 0 Å². The third kappa shape index (κ3) is 1.92. The lowest BCUT2D eigenvalue weighted by atomic mass is 10.1. The van der Waals surface area contributed by atoms with Gasteiger partial charge in [-0.1, -0.05) is 18.2 Å². The maximum Gasteiger partial charge on any atom is 0.116 e. The van der Waals surface area contributed by atoms with Gasteiger partial charge >= 0.3 is 0 Å². The van der Waals surface area contributed by atoms with Gasteiger partial charge in [0.1, 0.15) is 5.75 Å². The molecule has 0 aliphatic carbocycles. The van der Waals surface area contributed by atoms with Crippen LogP contribution in [0.3, 0.4) is 0 Å². The Bertz CT molecular complexity index is 682. The average Bonchev–Trinajstić information content (AvgIpc) is 2.75. The summed E-state index contributed by atoms with van der Waals surface area (Å²) in [7, 11) is 0. The van der Waals surface area contributed by atoms with Crippen LogP contribution in [-0.4, -0.2) is 5.11 Å². The number of phenols is 1. The third-order valence-corrected chi connectivity index (χ3v) is 3.90. The molecule has 2 heteroatoms. The quantitative estimate of drug-likeness (QED) is 0.660. The Hall–Kier alpha value is -1.80. The smallest absolute Gasteiger partial charge is 0.116 e. The van der Waals surface area contributed by atoms with Crippen molar-refractivity contribution in [2.75, 3.05) is 0 Å². The molecule has 0 fully saturated rings. The van der Waals surface area contributed by atoms with Crippen molar-refractivity contribution in [1.29, 1.82) is 0 Å². The highest BCUT2D eigenvalue weighted by molar-refractivity contribution is 7.15. The van der Waals surface area contributed by atoms with Crippen LogP contribution in [0.25, 0.3) is 21.2 Å². The summed E-state index contributed by atoms with van der Waals surface area (Å²) < 4.78 is 0. The molecule has 84 valence electrons. The van der Waals surface area contributed by atoms with E-state index in [0.717, 1.165) is 10.8 Å². The normalized spacial score (nSPS) is 10.9. The topological polar surface area (TPSA) is 20.2 Å². The molecule has 0 unspecified atom stereocenters. The predicted molar refractivity (Wildman–Crippen MR) is 73.7 cm³/mol. The highest BCUT2D eigenvalue weighted by Gasteiger charge is 2.02. The summed E-state index contributed by atoms with van der Waals surface area (Å²) in [6, 6.07) is 16.1. The number of aromatic hydroxyl groups is 1. The van der Waals surface area contributed by atoms with Crippen LogP contribution in [0.5, 0.6) is 5.75 Å². The second kappa shape index (κ2) is 3.90. The number of thiophene rings is 1. The van der Waals surface area contributed by atoms with Crippen molar-refractivity contribution in [2.45, 2.75) is 6.92 Å². The first-order valence-electron chi connectivity index (χ1n) is 5.52. The van der Waals surface area contributed by atoms with Gasteiger partial charge in [-0.3, -0.25) is 0 Å². The first-order chi connectivity index (χ1) is 8.22. The Labute approximate surface area is 104 Å². The molecule has 2 aromatic carbocycles. The van der Waals surface area contributed by atoms with Gasteiger partial charge in [0.05, 0.1) is 0 Å². The van der Waals surface area contributed by atoms with Gasteiger partial charge in [-0.25, -0.2) is 0 Å². The van der Waals surface area contributed by atoms with Gasteiger partial charge in [0.25, 0.3) is 0 Å². The summed E-state index contributed by atoms with van der Waals surface area (Å²) in [5.74, 6) is 0.317. The molecule has 3 rings (SSSR count). The van der Waals surface area contributed by atoms with Crippen molar-refractivity contribution in [3.8, 4) is 16.2 Å². The standard InChI is InChI=1S/C15H12OS/c1-10-2-7-15(17-10)13-4-3-12-9-14(16)6-5-11(12)8-13/h2-9,16H,1H3. The van der Waals surface area contributed by atoms with Gasteiger partial charge in [0.15, 0.2) is 0 Å². The van der Waals surface area contributed by atoms with E-state index in [1.54, 1.807) is 23.5 Å². The summed E-state index contributed by atoms with van der Waals surface area (Å²) in [4.78, 5) is 2.61. The second-order valence-electron chi connectivity index (χ2n) is 4.16. The average molecular weight is 240 g/mol.